The van der Waals surface area contributed by atoms with Crippen LogP contribution < -0.4 is 25.5 Å². The van der Waals surface area contributed by atoms with Gasteiger partial charge in [-0.1, -0.05) is 19.4 Å². The number of benzene rings is 1. The first kappa shape index (κ1) is 24.2. The van der Waals surface area contributed by atoms with E-state index in [1.54, 1.807) is 29.9 Å². The maximum atomic E-state index is 13.8. The molecule has 0 saturated heterocycles. The summed E-state index contributed by atoms with van der Waals surface area (Å²) < 4.78 is 28.4. The molecule has 2 heterocycles. The number of nitrogens with two attached hydrogens (primary N) is 1. The van der Waals surface area contributed by atoms with E-state index >= 15 is 0 Å². The van der Waals surface area contributed by atoms with Crippen molar-refractivity contribution in [2.24, 2.45) is 5.73 Å². The van der Waals surface area contributed by atoms with Gasteiger partial charge in [-0.05, 0) is 24.1 Å². The average molecular weight is 459 g/mol. The minimum Gasteiger partial charge on any atom is -0.493 e. The fourth-order valence-corrected chi connectivity index (χ4v) is 4.08. The van der Waals surface area contributed by atoms with Gasteiger partial charge >= 0.3 is 5.97 Å². The molecule has 2 N–H and O–H groups in total. The summed E-state index contributed by atoms with van der Waals surface area (Å²) in [6, 6.07) is 7.00. The summed E-state index contributed by atoms with van der Waals surface area (Å²) in [5.74, 6) is -0.321. The van der Waals surface area contributed by atoms with E-state index in [2.05, 4.69) is 0 Å². The third kappa shape index (κ3) is 4.54. The Labute approximate surface area is 192 Å². The molecule has 1 atom stereocenters. The highest BCUT2D eigenvalue weighted by Crippen LogP contribution is 2.43. The van der Waals surface area contributed by atoms with E-state index < -0.39 is 11.9 Å². The lowest BCUT2D eigenvalue weighted by Crippen LogP contribution is -2.36. The molecule has 0 amide bonds. The second kappa shape index (κ2) is 10.4. The number of carbonyl (C=O) groups excluding carboxylic acids is 1. The molecule has 2 aromatic rings. The highest BCUT2D eigenvalue weighted by atomic mass is 16.5. The van der Waals surface area contributed by atoms with Crippen LogP contribution in [0.5, 0.6) is 17.2 Å². The van der Waals surface area contributed by atoms with Crippen LogP contribution in [0, 0.1) is 0 Å². The van der Waals surface area contributed by atoms with Crippen LogP contribution in [0.4, 0.5) is 0 Å². The van der Waals surface area contributed by atoms with E-state index in [9.17, 15) is 9.59 Å². The predicted octanol–water partition coefficient (Wildman–Crippen LogP) is 2.33. The number of aryl methyl sites for hydroxylation is 1. The number of ether oxygens (including phenoxy) is 5. The molecular weight excluding hydrogens is 428 g/mol. The van der Waals surface area contributed by atoms with E-state index in [1.165, 1.54) is 21.3 Å². The molecule has 0 fully saturated rings. The van der Waals surface area contributed by atoms with Crippen molar-refractivity contribution < 1.29 is 28.5 Å². The molecule has 0 radical (unpaired) electrons. The standard InChI is InChI=1S/C24H30N2O7/c1-6-7-15-13-18-20(23(27)26(15)10-11-29-2)19(21(22(25)33-18)24(28)32-5)14-8-9-16(30-3)17(12-14)31-4/h8-9,12-13,19H,6-7,10-11,25H2,1-5H3. The summed E-state index contributed by atoms with van der Waals surface area (Å²) in [7, 11) is 5.88. The topological polar surface area (TPSA) is 111 Å². The Morgan fingerprint density at radius 1 is 1.12 bits per heavy atom. The van der Waals surface area contributed by atoms with Gasteiger partial charge in [0.2, 0.25) is 5.88 Å². The van der Waals surface area contributed by atoms with Crippen molar-refractivity contribution in [2.75, 3.05) is 35.0 Å². The number of fused-ring (bicyclic) bond motifs is 1. The lowest BCUT2D eigenvalue weighted by atomic mass is 9.83. The first-order chi connectivity index (χ1) is 15.9. The zero-order chi connectivity index (χ0) is 24.1. The van der Waals surface area contributed by atoms with Gasteiger partial charge in [0.05, 0.1) is 39.4 Å². The highest BCUT2D eigenvalue weighted by molar-refractivity contribution is 5.92. The molecule has 0 aliphatic carbocycles. The maximum absolute atomic E-state index is 13.8. The fraction of sp³-hybridized carbons (Fsp3) is 0.417. The van der Waals surface area contributed by atoms with Crippen molar-refractivity contribution >= 4 is 5.97 Å². The SMILES string of the molecule is CCCc1cc2c(c(=O)n1CCOC)C(c1ccc(OC)c(OC)c1)C(C(=O)OC)=C(N)O2. The van der Waals surface area contributed by atoms with Crippen molar-refractivity contribution in [1.82, 2.24) is 4.57 Å². The first-order valence-corrected chi connectivity index (χ1v) is 10.6. The Kier molecular flexibility index (Phi) is 7.65. The van der Waals surface area contributed by atoms with E-state index in [1.807, 2.05) is 13.0 Å². The van der Waals surface area contributed by atoms with Gasteiger partial charge in [-0.3, -0.25) is 4.79 Å². The summed E-state index contributed by atoms with van der Waals surface area (Å²) >= 11 is 0. The highest BCUT2D eigenvalue weighted by Gasteiger charge is 2.38. The summed E-state index contributed by atoms with van der Waals surface area (Å²) in [5.41, 5.74) is 7.68. The zero-order valence-corrected chi connectivity index (χ0v) is 19.6. The van der Waals surface area contributed by atoms with Gasteiger partial charge in [0, 0.05) is 25.4 Å². The molecule has 9 heteroatoms. The Morgan fingerprint density at radius 2 is 1.85 bits per heavy atom. The molecule has 33 heavy (non-hydrogen) atoms. The van der Waals surface area contributed by atoms with Crippen LogP contribution >= 0.6 is 0 Å². The van der Waals surface area contributed by atoms with Crippen molar-refractivity contribution in [3.05, 3.63) is 62.9 Å². The molecular formula is C24H30N2O7. The molecule has 1 aromatic carbocycles. The van der Waals surface area contributed by atoms with Gasteiger partial charge in [-0.25, -0.2) is 4.79 Å². The number of methoxy groups -OCH3 is 4. The van der Waals surface area contributed by atoms with Crippen LogP contribution in [-0.2, 0) is 27.2 Å². The third-order valence-electron chi connectivity index (χ3n) is 5.62. The average Bonchev–Trinajstić information content (AvgIpc) is 2.82. The van der Waals surface area contributed by atoms with E-state index in [0.717, 1.165) is 12.1 Å². The second-order valence-corrected chi connectivity index (χ2v) is 7.53. The van der Waals surface area contributed by atoms with Gasteiger partial charge in [0.25, 0.3) is 5.56 Å². The Bertz CT molecular complexity index is 1120. The quantitative estimate of drug-likeness (QED) is 0.570. The van der Waals surface area contributed by atoms with Crippen LogP contribution in [-0.4, -0.2) is 45.6 Å². The van der Waals surface area contributed by atoms with Gasteiger partial charge in [-0.15, -0.1) is 0 Å². The van der Waals surface area contributed by atoms with Crippen molar-refractivity contribution in [3.63, 3.8) is 0 Å². The lowest BCUT2D eigenvalue weighted by molar-refractivity contribution is -0.136. The molecule has 1 aliphatic rings. The van der Waals surface area contributed by atoms with Crippen molar-refractivity contribution in [1.29, 1.82) is 0 Å². The summed E-state index contributed by atoms with van der Waals surface area (Å²) in [6.45, 7) is 2.75. The van der Waals surface area contributed by atoms with E-state index in [0.29, 0.717) is 47.9 Å². The number of nitrogens with zero attached hydrogens (tertiary/aromatic N) is 1. The lowest BCUT2D eigenvalue weighted by Gasteiger charge is -2.29. The van der Waals surface area contributed by atoms with Crippen molar-refractivity contribution in [3.8, 4) is 17.2 Å². The largest absolute Gasteiger partial charge is 0.493 e. The monoisotopic (exact) mass is 458 g/mol. The predicted molar refractivity (Wildman–Crippen MR) is 122 cm³/mol. The second-order valence-electron chi connectivity index (χ2n) is 7.53. The van der Waals surface area contributed by atoms with Gasteiger partial charge in [0.15, 0.2) is 11.5 Å². The first-order valence-electron chi connectivity index (χ1n) is 10.6. The number of pyridine rings is 1. The summed E-state index contributed by atoms with van der Waals surface area (Å²) in [4.78, 5) is 26.6. The maximum Gasteiger partial charge on any atom is 0.340 e. The molecule has 0 bridgehead atoms. The number of esters is 1. The van der Waals surface area contributed by atoms with Crippen LogP contribution in [0.2, 0.25) is 0 Å². The summed E-state index contributed by atoms with van der Waals surface area (Å²) in [5, 5.41) is 0. The summed E-state index contributed by atoms with van der Waals surface area (Å²) in [6.07, 6.45) is 1.51. The molecule has 1 aromatic heterocycles. The third-order valence-corrected chi connectivity index (χ3v) is 5.62. The minimum atomic E-state index is -0.821. The molecule has 0 saturated carbocycles. The van der Waals surface area contributed by atoms with Crippen LogP contribution in [0.25, 0.3) is 0 Å². The van der Waals surface area contributed by atoms with Gasteiger partial charge in [-0.2, -0.15) is 0 Å². The Morgan fingerprint density at radius 3 is 2.45 bits per heavy atom. The van der Waals surface area contributed by atoms with Crippen LogP contribution in [0.15, 0.2) is 40.5 Å². The van der Waals surface area contributed by atoms with E-state index in [4.69, 9.17) is 29.4 Å². The number of hydrogen-bond donors (Lipinski definition) is 1. The molecule has 178 valence electrons. The fourth-order valence-electron chi connectivity index (χ4n) is 4.08. The normalized spacial score (nSPS) is 15.0. The van der Waals surface area contributed by atoms with Crippen LogP contribution in [0.1, 0.15) is 36.1 Å². The molecule has 1 unspecified atom stereocenters. The van der Waals surface area contributed by atoms with Crippen LogP contribution in [0.3, 0.4) is 0 Å². The minimum absolute atomic E-state index is 0.0517. The van der Waals surface area contributed by atoms with Crippen molar-refractivity contribution in [2.45, 2.75) is 32.2 Å². The van der Waals surface area contributed by atoms with Gasteiger partial charge < -0.3 is 34.0 Å². The molecule has 1 aliphatic heterocycles. The Hall–Kier alpha value is -3.46. The Balaban J connectivity index is 2.32. The number of hydrogen-bond acceptors (Lipinski definition) is 8. The smallest absolute Gasteiger partial charge is 0.340 e. The molecule has 3 rings (SSSR count). The number of rotatable bonds is 9. The number of carbonyl (C=O) groups is 1. The zero-order valence-electron chi connectivity index (χ0n) is 19.6. The molecule has 9 nitrogen and oxygen atoms in total. The number of aromatic nitrogens is 1. The van der Waals surface area contributed by atoms with E-state index in [-0.39, 0.29) is 17.0 Å². The molecule has 0 spiro atoms. The van der Waals surface area contributed by atoms with Gasteiger partial charge in [0.1, 0.15) is 11.3 Å².